The van der Waals surface area contributed by atoms with Gasteiger partial charge in [-0.25, -0.2) is 0 Å². The first-order chi connectivity index (χ1) is 6.72. The number of hydrogen-bond donors (Lipinski definition) is 0. The van der Waals surface area contributed by atoms with Crippen molar-refractivity contribution in [2.75, 3.05) is 13.1 Å². The average Bonchev–Trinajstić information content (AvgIpc) is 2.90. The third-order valence-corrected chi connectivity index (χ3v) is 3.72. The highest BCUT2D eigenvalue weighted by Crippen LogP contribution is 2.40. The molecule has 0 aromatic rings. The summed E-state index contributed by atoms with van der Waals surface area (Å²) in [4.78, 5) is 13.9. The first kappa shape index (κ1) is 10.2. The molecule has 0 spiro atoms. The van der Waals surface area contributed by atoms with Crippen molar-refractivity contribution in [3.05, 3.63) is 0 Å². The Labute approximate surface area is 86.7 Å². The summed E-state index contributed by atoms with van der Waals surface area (Å²) in [6, 6.07) is 0.825. The molecular formula is C12H21NO. The zero-order chi connectivity index (χ0) is 10.1. The fraction of sp³-hybridized carbons (Fsp3) is 0.917. The van der Waals surface area contributed by atoms with Crippen LogP contribution in [-0.2, 0) is 4.79 Å². The van der Waals surface area contributed by atoms with Crippen molar-refractivity contribution >= 4 is 5.78 Å². The summed E-state index contributed by atoms with van der Waals surface area (Å²) < 4.78 is 0. The second kappa shape index (κ2) is 4.01. The van der Waals surface area contributed by atoms with E-state index in [2.05, 4.69) is 18.7 Å². The van der Waals surface area contributed by atoms with Gasteiger partial charge in [0.25, 0.3) is 0 Å². The monoisotopic (exact) mass is 195 g/mol. The SMILES string of the molecule is CCCC1CC1N1CCC(=O)C(C)C1. The molecule has 2 heteroatoms. The highest BCUT2D eigenvalue weighted by atomic mass is 16.1. The minimum absolute atomic E-state index is 0.284. The second-order valence-corrected chi connectivity index (χ2v) is 4.96. The van der Waals surface area contributed by atoms with Crippen molar-refractivity contribution in [2.24, 2.45) is 11.8 Å². The van der Waals surface area contributed by atoms with E-state index in [9.17, 15) is 4.79 Å². The van der Waals surface area contributed by atoms with Crippen molar-refractivity contribution in [3.8, 4) is 0 Å². The summed E-state index contributed by atoms with van der Waals surface area (Å²) in [5, 5.41) is 0. The number of Topliss-reactive ketones (excluding diaryl/α,β-unsaturated/α-hetero) is 1. The van der Waals surface area contributed by atoms with E-state index < -0.39 is 0 Å². The maximum absolute atomic E-state index is 11.4. The van der Waals surface area contributed by atoms with Gasteiger partial charge in [-0.2, -0.15) is 0 Å². The Morgan fingerprint density at radius 2 is 2.29 bits per heavy atom. The van der Waals surface area contributed by atoms with Crippen LogP contribution in [0.15, 0.2) is 0 Å². The van der Waals surface area contributed by atoms with Gasteiger partial charge in [-0.3, -0.25) is 9.69 Å². The van der Waals surface area contributed by atoms with Gasteiger partial charge < -0.3 is 0 Å². The average molecular weight is 195 g/mol. The molecule has 0 aromatic carbocycles. The Balaban J connectivity index is 1.81. The highest BCUT2D eigenvalue weighted by Gasteiger charge is 2.42. The smallest absolute Gasteiger partial charge is 0.138 e. The summed E-state index contributed by atoms with van der Waals surface area (Å²) in [5.74, 6) is 1.70. The molecule has 2 aliphatic rings. The Morgan fingerprint density at radius 3 is 2.93 bits per heavy atom. The molecule has 1 aliphatic carbocycles. The number of piperidine rings is 1. The van der Waals surface area contributed by atoms with Crippen molar-refractivity contribution in [3.63, 3.8) is 0 Å². The first-order valence-electron chi connectivity index (χ1n) is 5.99. The second-order valence-electron chi connectivity index (χ2n) is 4.96. The molecule has 0 N–H and O–H groups in total. The zero-order valence-corrected chi connectivity index (χ0v) is 9.33. The standard InChI is InChI=1S/C12H21NO/c1-3-4-10-7-11(10)13-6-5-12(14)9(2)8-13/h9-11H,3-8H2,1-2H3. The molecule has 80 valence electrons. The van der Waals surface area contributed by atoms with Crippen LogP contribution < -0.4 is 0 Å². The molecule has 0 aromatic heterocycles. The molecule has 1 aliphatic heterocycles. The number of carbonyl (C=O) groups is 1. The Hall–Kier alpha value is -0.370. The van der Waals surface area contributed by atoms with Crippen LogP contribution in [0.3, 0.4) is 0 Å². The van der Waals surface area contributed by atoms with E-state index in [1.165, 1.54) is 19.3 Å². The molecule has 2 rings (SSSR count). The third kappa shape index (κ3) is 2.00. The summed E-state index contributed by atoms with van der Waals surface area (Å²) >= 11 is 0. The van der Waals surface area contributed by atoms with Crippen LogP contribution in [0, 0.1) is 11.8 Å². The number of carbonyl (C=O) groups excluding carboxylic acids is 1. The van der Waals surface area contributed by atoms with Crippen LogP contribution >= 0.6 is 0 Å². The van der Waals surface area contributed by atoms with Gasteiger partial charge in [0.15, 0.2) is 0 Å². The number of ketones is 1. The zero-order valence-electron chi connectivity index (χ0n) is 9.33. The maximum Gasteiger partial charge on any atom is 0.138 e. The lowest BCUT2D eigenvalue weighted by molar-refractivity contribution is -0.125. The van der Waals surface area contributed by atoms with E-state index in [0.29, 0.717) is 5.78 Å². The molecule has 3 unspecified atom stereocenters. The highest BCUT2D eigenvalue weighted by molar-refractivity contribution is 5.81. The number of hydrogen-bond acceptors (Lipinski definition) is 2. The van der Waals surface area contributed by atoms with Gasteiger partial charge in [0, 0.05) is 31.5 Å². The van der Waals surface area contributed by atoms with Gasteiger partial charge in [-0.15, -0.1) is 0 Å². The van der Waals surface area contributed by atoms with Crippen LogP contribution in [0.25, 0.3) is 0 Å². The van der Waals surface area contributed by atoms with Crippen LogP contribution in [0.1, 0.15) is 39.5 Å². The Morgan fingerprint density at radius 1 is 1.50 bits per heavy atom. The summed E-state index contributed by atoms with van der Waals surface area (Å²) in [6.07, 6.45) is 4.86. The van der Waals surface area contributed by atoms with Crippen molar-refractivity contribution in [1.29, 1.82) is 0 Å². The molecule has 0 radical (unpaired) electrons. The normalized spacial score (nSPS) is 38.7. The van der Waals surface area contributed by atoms with E-state index in [-0.39, 0.29) is 5.92 Å². The topological polar surface area (TPSA) is 20.3 Å². The predicted molar refractivity (Wildman–Crippen MR) is 57.2 cm³/mol. The van der Waals surface area contributed by atoms with Crippen molar-refractivity contribution in [1.82, 2.24) is 4.90 Å². The molecule has 1 saturated carbocycles. The summed E-state index contributed by atoms with van der Waals surface area (Å²) in [7, 11) is 0. The molecule has 14 heavy (non-hydrogen) atoms. The number of likely N-dealkylation sites (tertiary alicyclic amines) is 1. The van der Waals surface area contributed by atoms with Crippen molar-refractivity contribution in [2.45, 2.75) is 45.6 Å². The molecular weight excluding hydrogens is 174 g/mol. The number of nitrogens with zero attached hydrogens (tertiary/aromatic N) is 1. The molecule has 0 amide bonds. The van der Waals surface area contributed by atoms with Gasteiger partial charge in [0.2, 0.25) is 0 Å². The number of rotatable bonds is 3. The first-order valence-corrected chi connectivity index (χ1v) is 5.99. The molecule has 2 nitrogen and oxygen atoms in total. The minimum atomic E-state index is 0.284. The maximum atomic E-state index is 11.4. The summed E-state index contributed by atoms with van der Waals surface area (Å²) in [5.41, 5.74) is 0. The van der Waals surface area contributed by atoms with Gasteiger partial charge in [0.05, 0.1) is 0 Å². The van der Waals surface area contributed by atoms with Crippen LogP contribution in [0.2, 0.25) is 0 Å². The molecule has 2 fully saturated rings. The van der Waals surface area contributed by atoms with Crippen LogP contribution in [-0.4, -0.2) is 29.8 Å². The lowest BCUT2D eigenvalue weighted by atomic mass is 9.98. The lowest BCUT2D eigenvalue weighted by Crippen LogP contribution is -2.41. The van der Waals surface area contributed by atoms with E-state index in [0.717, 1.165) is 31.5 Å². The van der Waals surface area contributed by atoms with Crippen LogP contribution in [0.5, 0.6) is 0 Å². The molecule has 1 saturated heterocycles. The largest absolute Gasteiger partial charge is 0.299 e. The lowest BCUT2D eigenvalue weighted by Gasteiger charge is -2.30. The third-order valence-electron chi connectivity index (χ3n) is 3.72. The van der Waals surface area contributed by atoms with Crippen LogP contribution in [0.4, 0.5) is 0 Å². The fourth-order valence-corrected chi connectivity index (χ4v) is 2.71. The van der Waals surface area contributed by atoms with Gasteiger partial charge in [-0.1, -0.05) is 20.3 Å². The Bertz CT molecular complexity index is 226. The Kier molecular flexibility index (Phi) is 2.91. The quantitative estimate of drug-likeness (QED) is 0.687. The molecule has 0 bridgehead atoms. The summed E-state index contributed by atoms with van der Waals surface area (Å²) in [6.45, 7) is 6.38. The van der Waals surface area contributed by atoms with E-state index in [1.807, 2.05) is 0 Å². The molecule has 3 atom stereocenters. The predicted octanol–water partition coefficient (Wildman–Crippen LogP) is 2.09. The van der Waals surface area contributed by atoms with E-state index in [4.69, 9.17) is 0 Å². The van der Waals surface area contributed by atoms with Crippen molar-refractivity contribution < 1.29 is 4.79 Å². The van der Waals surface area contributed by atoms with Gasteiger partial charge >= 0.3 is 0 Å². The molecule has 1 heterocycles. The van der Waals surface area contributed by atoms with Gasteiger partial charge in [-0.05, 0) is 18.8 Å². The van der Waals surface area contributed by atoms with E-state index >= 15 is 0 Å². The minimum Gasteiger partial charge on any atom is -0.299 e. The van der Waals surface area contributed by atoms with Gasteiger partial charge in [0.1, 0.15) is 5.78 Å². The fourth-order valence-electron chi connectivity index (χ4n) is 2.71. The van der Waals surface area contributed by atoms with E-state index in [1.54, 1.807) is 0 Å².